The molecule has 0 unspecified atom stereocenters. The van der Waals surface area contributed by atoms with Crippen molar-refractivity contribution in [2.45, 2.75) is 0 Å². The third-order valence-electron chi connectivity index (χ3n) is 2.71. The van der Waals surface area contributed by atoms with E-state index >= 15 is 0 Å². The van der Waals surface area contributed by atoms with Crippen molar-refractivity contribution in [2.75, 3.05) is 0 Å². The number of benzene rings is 1. The summed E-state index contributed by atoms with van der Waals surface area (Å²) in [6.07, 6.45) is 3.09. The van der Waals surface area contributed by atoms with Gasteiger partial charge in [-0.05, 0) is 48.0 Å². The highest BCUT2D eigenvalue weighted by Crippen LogP contribution is 2.30. The zero-order valence-electron chi connectivity index (χ0n) is 10.7. The number of rotatable bonds is 3. The number of hydrogen-bond acceptors (Lipinski definition) is 6. The summed E-state index contributed by atoms with van der Waals surface area (Å²) in [7, 11) is 3.22. The van der Waals surface area contributed by atoms with Gasteiger partial charge in [0.05, 0.1) is 5.56 Å². The molecule has 3 nitrogen and oxygen atoms in total. The van der Waals surface area contributed by atoms with Crippen molar-refractivity contribution < 1.29 is 9.53 Å². The highest BCUT2D eigenvalue weighted by atomic mass is 32.9. The molecule has 2 heterocycles. The van der Waals surface area contributed by atoms with Crippen molar-refractivity contribution in [3.8, 4) is 16.2 Å². The number of ether oxygens (including phenoxy) is 1. The van der Waals surface area contributed by atoms with Crippen LogP contribution in [0.4, 0.5) is 0 Å². The summed E-state index contributed by atoms with van der Waals surface area (Å²) in [5.41, 5.74) is 1.49. The Hall–Kier alpha value is -1.89. The highest BCUT2D eigenvalue weighted by Gasteiger charge is 2.08. The van der Waals surface area contributed by atoms with Crippen LogP contribution >= 0.6 is 32.9 Å². The van der Waals surface area contributed by atoms with E-state index in [0.29, 0.717) is 11.3 Å². The normalized spacial score (nSPS) is 10.3. The molecule has 0 spiro atoms. The van der Waals surface area contributed by atoms with Crippen LogP contribution in [-0.2, 0) is 0 Å². The fourth-order valence-corrected chi connectivity index (χ4v) is 4.11. The van der Waals surface area contributed by atoms with Crippen molar-refractivity contribution in [3.63, 3.8) is 0 Å². The average molecular weight is 331 g/mol. The maximum atomic E-state index is 11.9. The Morgan fingerprint density at radius 2 is 1.95 bits per heavy atom. The first kappa shape index (κ1) is 14.1. The van der Waals surface area contributed by atoms with Gasteiger partial charge in [-0.1, -0.05) is 32.9 Å². The zero-order valence-corrected chi connectivity index (χ0v) is 13.1. The van der Waals surface area contributed by atoms with Gasteiger partial charge in [0.1, 0.15) is 9.57 Å². The summed E-state index contributed by atoms with van der Waals surface area (Å²) in [6, 6.07) is 12.7. The second kappa shape index (κ2) is 6.26. The van der Waals surface area contributed by atoms with Crippen LogP contribution in [0.5, 0.6) is 5.75 Å². The molecule has 0 saturated heterocycles. The van der Waals surface area contributed by atoms with E-state index < -0.39 is 5.97 Å². The minimum Gasteiger partial charge on any atom is -0.423 e. The Bertz CT molecular complexity index is 807. The van der Waals surface area contributed by atoms with Crippen LogP contribution < -0.4 is 4.74 Å². The first-order chi connectivity index (χ1) is 10.2. The lowest BCUT2D eigenvalue weighted by molar-refractivity contribution is 0.0734. The summed E-state index contributed by atoms with van der Waals surface area (Å²) >= 11 is 5.12. The quantitative estimate of drug-likeness (QED) is 0.298. The third-order valence-corrected chi connectivity index (χ3v) is 5.62. The van der Waals surface area contributed by atoms with Crippen molar-refractivity contribution in [1.29, 1.82) is 0 Å². The summed E-state index contributed by atoms with van der Waals surface area (Å²) in [4.78, 5) is 16.9. The molecule has 1 aromatic carbocycles. The number of nitrogens with zero attached hydrogens (tertiary/aromatic N) is 1. The van der Waals surface area contributed by atoms with Crippen molar-refractivity contribution in [3.05, 3.63) is 64.2 Å². The lowest BCUT2D eigenvalue weighted by Crippen LogP contribution is -2.08. The van der Waals surface area contributed by atoms with Gasteiger partial charge < -0.3 is 4.74 Å². The highest BCUT2D eigenvalue weighted by molar-refractivity contribution is 7.80. The second-order valence-electron chi connectivity index (χ2n) is 4.15. The Labute approximate surface area is 133 Å². The molecule has 6 heteroatoms. The summed E-state index contributed by atoms with van der Waals surface area (Å²) in [5, 5.41) is 0. The predicted octanol–water partition coefficient (Wildman–Crippen LogP) is 4.82. The monoisotopic (exact) mass is 331 g/mol. The Morgan fingerprint density at radius 1 is 1.14 bits per heavy atom. The van der Waals surface area contributed by atoms with Gasteiger partial charge in [-0.3, -0.25) is 4.98 Å². The number of hydrogen-bond donors (Lipinski definition) is 0. The molecule has 2 aromatic heterocycles. The minimum atomic E-state index is -0.415. The first-order valence-corrected chi connectivity index (χ1v) is 8.61. The number of carbonyl (C=O) groups excluding carboxylic acids is 1. The van der Waals surface area contributed by atoms with E-state index in [-0.39, 0.29) is 0 Å². The van der Waals surface area contributed by atoms with Gasteiger partial charge >= 0.3 is 5.97 Å². The van der Waals surface area contributed by atoms with Gasteiger partial charge in [0.15, 0.2) is 0 Å². The van der Waals surface area contributed by atoms with Crippen molar-refractivity contribution >= 4 is 38.9 Å². The average Bonchev–Trinajstić information content (AvgIpc) is 2.95. The van der Waals surface area contributed by atoms with Gasteiger partial charge in [0.25, 0.3) is 0 Å². The molecule has 0 fully saturated rings. The van der Waals surface area contributed by atoms with Crippen LogP contribution in [0.1, 0.15) is 10.4 Å². The van der Waals surface area contributed by atoms with Crippen molar-refractivity contribution in [1.82, 2.24) is 4.98 Å². The molecule has 0 N–H and O–H groups in total. The minimum absolute atomic E-state index is 0.415. The fraction of sp³-hybridized carbons (Fsp3) is 0. The van der Waals surface area contributed by atoms with Crippen LogP contribution in [0.25, 0.3) is 10.4 Å². The third kappa shape index (κ3) is 3.41. The molecule has 0 amide bonds. The molecular formula is C15H9NO2S3. The number of esters is 1. The molecule has 0 aliphatic carbocycles. The number of carbonyl (C=O) groups is 1. The van der Waals surface area contributed by atoms with Crippen molar-refractivity contribution in [2.24, 2.45) is 0 Å². The lowest BCUT2D eigenvalue weighted by Gasteiger charge is -2.04. The first-order valence-electron chi connectivity index (χ1n) is 6.05. The number of aromatic nitrogens is 1. The molecule has 0 radical (unpaired) electrons. The molecule has 3 rings (SSSR count). The van der Waals surface area contributed by atoms with Crippen LogP contribution in [-0.4, -0.2) is 11.0 Å². The molecule has 0 saturated carbocycles. The Balaban J connectivity index is 1.76. The maximum absolute atomic E-state index is 11.9. The van der Waals surface area contributed by atoms with Gasteiger partial charge in [0, 0.05) is 17.3 Å². The SMILES string of the molecule is O=C(Oc1ccc(-c2cc(=S)ss2)cc1)c1cccnc1. The largest absolute Gasteiger partial charge is 0.423 e. The zero-order chi connectivity index (χ0) is 14.7. The van der Waals surface area contributed by atoms with Gasteiger partial charge in [0.2, 0.25) is 0 Å². The van der Waals surface area contributed by atoms with Gasteiger partial charge in [-0.15, -0.1) is 0 Å². The molecule has 3 aromatic rings. The van der Waals surface area contributed by atoms with E-state index in [1.54, 1.807) is 51.1 Å². The maximum Gasteiger partial charge on any atom is 0.345 e. The Morgan fingerprint density at radius 3 is 2.57 bits per heavy atom. The summed E-state index contributed by atoms with van der Waals surface area (Å²) in [5.74, 6) is 0.0912. The van der Waals surface area contributed by atoms with E-state index in [1.165, 1.54) is 6.20 Å². The van der Waals surface area contributed by atoms with E-state index in [4.69, 9.17) is 17.0 Å². The van der Waals surface area contributed by atoms with E-state index in [2.05, 4.69) is 4.98 Å². The van der Waals surface area contributed by atoms with Crippen LogP contribution in [0.3, 0.4) is 0 Å². The van der Waals surface area contributed by atoms with Crippen LogP contribution in [0.2, 0.25) is 0 Å². The second-order valence-corrected chi connectivity index (χ2v) is 7.06. The topological polar surface area (TPSA) is 39.2 Å². The molecular weight excluding hydrogens is 322 g/mol. The Kier molecular flexibility index (Phi) is 4.19. The van der Waals surface area contributed by atoms with Crippen LogP contribution in [0, 0.1) is 3.82 Å². The summed E-state index contributed by atoms with van der Waals surface area (Å²) in [6.45, 7) is 0. The molecule has 0 aliphatic rings. The molecule has 0 bridgehead atoms. The predicted molar refractivity (Wildman–Crippen MR) is 87.7 cm³/mol. The lowest BCUT2D eigenvalue weighted by atomic mass is 10.2. The molecule has 0 aliphatic heterocycles. The molecule has 21 heavy (non-hydrogen) atoms. The van der Waals surface area contributed by atoms with E-state index in [0.717, 1.165) is 14.3 Å². The number of pyridine rings is 1. The van der Waals surface area contributed by atoms with E-state index in [1.807, 2.05) is 18.2 Å². The smallest absolute Gasteiger partial charge is 0.345 e. The van der Waals surface area contributed by atoms with E-state index in [9.17, 15) is 4.79 Å². The standard InChI is InChI=1S/C15H9NO2S3/c17-15(11-2-1-7-16-9-11)18-12-5-3-10(4-6-12)13-8-14(19)21-20-13/h1-9H. The molecule has 0 atom stereocenters. The summed E-state index contributed by atoms with van der Waals surface area (Å²) < 4.78 is 6.18. The van der Waals surface area contributed by atoms with Gasteiger partial charge in [-0.2, -0.15) is 0 Å². The molecule has 104 valence electrons. The fourth-order valence-electron chi connectivity index (χ4n) is 1.71. The van der Waals surface area contributed by atoms with Crippen LogP contribution in [0.15, 0.2) is 54.9 Å². The van der Waals surface area contributed by atoms with Gasteiger partial charge in [-0.25, -0.2) is 4.79 Å².